The Morgan fingerprint density at radius 1 is 1.16 bits per heavy atom. The van der Waals surface area contributed by atoms with Crippen LogP contribution in [-0.2, 0) is 17.8 Å². The fraction of sp³-hybridized carbons (Fsp3) is 0.364. The number of oxazole rings is 1. The molecule has 3 aromatic rings. The molecule has 7 nitrogen and oxygen atoms in total. The summed E-state index contributed by atoms with van der Waals surface area (Å²) in [7, 11) is 0. The number of aromatic nitrogens is 1. The first-order valence-electron chi connectivity index (χ1n) is 10.1. The van der Waals surface area contributed by atoms with Crippen molar-refractivity contribution in [1.29, 1.82) is 0 Å². The van der Waals surface area contributed by atoms with Crippen molar-refractivity contribution in [3.63, 3.8) is 0 Å². The van der Waals surface area contributed by atoms with Crippen molar-refractivity contribution >= 4 is 29.9 Å². The molecule has 0 atom stereocenters. The largest absolute Gasteiger partial charge is 0.467 e. The summed E-state index contributed by atoms with van der Waals surface area (Å²) in [5.74, 6) is 1.78. The zero-order chi connectivity index (χ0) is 21.0. The van der Waals surface area contributed by atoms with Crippen LogP contribution in [0.25, 0.3) is 11.5 Å². The summed E-state index contributed by atoms with van der Waals surface area (Å²) < 4.78 is 29.3. The van der Waals surface area contributed by atoms with Crippen LogP contribution in [0.1, 0.15) is 24.8 Å². The highest BCUT2D eigenvalue weighted by molar-refractivity contribution is 14.0. The minimum absolute atomic E-state index is 0. The van der Waals surface area contributed by atoms with Crippen LogP contribution < -0.4 is 10.6 Å². The van der Waals surface area contributed by atoms with Crippen LogP contribution in [0.15, 0.2) is 62.8 Å². The molecular formula is C22H28FIN4O3. The van der Waals surface area contributed by atoms with Crippen LogP contribution >= 0.6 is 24.0 Å². The topological polar surface area (TPSA) is 84.8 Å². The van der Waals surface area contributed by atoms with E-state index in [9.17, 15) is 4.39 Å². The van der Waals surface area contributed by atoms with Gasteiger partial charge in [-0.3, -0.25) is 4.99 Å². The van der Waals surface area contributed by atoms with Crippen molar-refractivity contribution in [3.05, 3.63) is 66.2 Å². The van der Waals surface area contributed by atoms with Crippen LogP contribution in [0.4, 0.5) is 4.39 Å². The SMILES string of the molecule is CCNC(=NCCCOCc1ccco1)NCCc1coc(-c2ccc(F)cc2)n1.I. The van der Waals surface area contributed by atoms with Gasteiger partial charge < -0.3 is 24.2 Å². The lowest BCUT2D eigenvalue weighted by Gasteiger charge is -2.10. The number of ether oxygens (including phenoxy) is 1. The Hall–Kier alpha value is -2.40. The van der Waals surface area contributed by atoms with Crippen molar-refractivity contribution in [2.24, 2.45) is 4.99 Å². The van der Waals surface area contributed by atoms with E-state index in [0.717, 1.165) is 35.9 Å². The average molecular weight is 542 g/mol. The molecule has 0 aliphatic carbocycles. The van der Waals surface area contributed by atoms with Crippen molar-refractivity contribution in [2.45, 2.75) is 26.4 Å². The average Bonchev–Trinajstić information content (AvgIpc) is 3.43. The quantitative estimate of drug-likeness (QED) is 0.162. The monoisotopic (exact) mass is 542 g/mol. The first kappa shape index (κ1) is 24.9. The molecule has 1 aromatic carbocycles. The van der Waals surface area contributed by atoms with Crippen LogP contribution in [0, 0.1) is 5.82 Å². The highest BCUT2D eigenvalue weighted by Gasteiger charge is 2.07. The summed E-state index contributed by atoms with van der Waals surface area (Å²) in [5, 5.41) is 6.51. The van der Waals surface area contributed by atoms with E-state index in [-0.39, 0.29) is 29.8 Å². The summed E-state index contributed by atoms with van der Waals surface area (Å²) in [6.07, 6.45) is 4.77. The van der Waals surface area contributed by atoms with E-state index in [1.165, 1.54) is 12.1 Å². The summed E-state index contributed by atoms with van der Waals surface area (Å²) in [6, 6.07) is 9.82. The number of hydrogen-bond acceptors (Lipinski definition) is 5. The number of benzene rings is 1. The third-order valence-corrected chi connectivity index (χ3v) is 4.20. The van der Waals surface area contributed by atoms with Gasteiger partial charge in [-0.2, -0.15) is 0 Å². The minimum atomic E-state index is -0.283. The second-order valence-electron chi connectivity index (χ2n) is 6.57. The molecular weight excluding hydrogens is 514 g/mol. The molecule has 0 aliphatic rings. The molecule has 2 N–H and O–H groups in total. The second kappa shape index (κ2) is 13.8. The number of rotatable bonds is 11. The molecule has 0 saturated heterocycles. The maximum Gasteiger partial charge on any atom is 0.226 e. The van der Waals surface area contributed by atoms with Crippen LogP contribution in [0.2, 0.25) is 0 Å². The standard InChI is InChI=1S/C22H27FN4O3.HI/c1-2-24-22(25-11-4-13-28-16-20-5-3-14-29-20)26-12-10-19-15-30-21(27-19)17-6-8-18(23)9-7-17;/h3,5-9,14-15H,2,4,10-13,16H2,1H3,(H2,24,25,26);1H. The number of hydrogen-bond donors (Lipinski definition) is 2. The first-order valence-corrected chi connectivity index (χ1v) is 10.1. The van der Waals surface area contributed by atoms with Crippen molar-refractivity contribution in [2.75, 3.05) is 26.2 Å². The Bertz CT molecular complexity index is 898. The van der Waals surface area contributed by atoms with Gasteiger partial charge in [0, 0.05) is 38.2 Å². The number of nitrogens with one attached hydrogen (secondary N) is 2. The van der Waals surface area contributed by atoms with Gasteiger partial charge in [-0.25, -0.2) is 9.37 Å². The summed E-state index contributed by atoms with van der Waals surface area (Å²) in [5.41, 5.74) is 1.57. The van der Waals surface area contributed by atoms with Gasteiger partial charge in [0.25, 0.3) is 0 Å². The molecule has 0 bridgehead atoms. The Labute approximate surface area is 198 Å². The molecule has 0 aliphatic heterocycles. The zero-order valence-corrected chi connectivity index (χ0v) is 19.8. The van der Waals surface area contributed by atoms with Gasteiger partial charge in [0.05, 0.1) is 12.0 Å². The van der Waals surface area contributed by atoms with Crippen LogP contribution in [0.5, 0.6) is 0 Å². The molecule has 0 saturated carbocycles. The van der Waals surface area contributed by atoms with Crippen molar-refractivity contribution in [3.8, 4) is 11.5 Å². The normalized spacial score (nSPS) is 11.2. The number of furan rings is 1. The van der Waals surface area contributed by atoms with Crippen LogP contribution in [-0.4, -0.2) is 37.2 Å². The van der Waals surface area contributed by atoms with E-state index in [0.29, 0.717) is 38.6 Å². The lowest BCUT2D eigenvalue weighted by atomic mass is 10.2. The molecule has 0 radical (unpaired) electrons. The lowest BCUT2D eigenvalue weighted by Crippen LogP contribution is -2.38. The van der Waals surface area contributed by atoms with Gasteiger partial charge in [-0.15, -0.1) is 24.0 Å². The maximum absolute atomic E-state index is 13.0. The molecule has 3 rings (SSSR count). The Morgan fingerprint density at radius 2 is 2.00 bits per heavy atom. The second-order valence-corrected chi connectivity index (χ2v) is 6.57. The van der Waals surface area contributed by atoms with Gasteiger partial charge in [-0.05, 0) is 49.7 Å². The highest BCUT2D eigenvalue weighted by atomic mass is 127. The fourth-order valence-corrected chi connectivity index (χ4v) is 2.72. The first-order chi connectivity index (χ1) is 14.7. The molecule has 0 amide bonds. The van der Waals surface area contributed by atoms with E-state index in [4.69, 9.17) is 13.6 Å². The molecule has 0 spiro atoms. The van der Waals surface area contributed by atoms with E-state index in [1.54, 1.807) is 24.7 Å². The summed E-state index contributed by atoms with van der Waals surface area (Å²) in [6.45, 7) is 5.22. The smallest absolute Gasteiger partial charge is 0.226 e. The molecule has 31 heavy (non-hydrogen) atoms. The van der Waals surface area contributed by atoms with Crippen molar-refractivity contribution in [1.82, 2.24) is 15.6 Å². The predicted molar refractivity (Wildman–Crippen MR) is 128 cm³/mol. The Kier molecular flexibility index (Phi) is 11.1. The molecule has 0 fully saturated rings. The minimum Gasteiger partial charge on any atom is -0.467 e. The van der Waals surface area contributed by atoms with Crippen molar-refractivity contribution < 1.29 is 18.0 Å². The lowest BCUT2D eigenvalue weighted by molar-refractivity contribution is 0.105. The summed E-state index contributed by atoms with van der Waals surface area (Å²) in [4.78, 5) is 9.01. The Morgan fingerprint density at radius 3 is 2.74 bits per heavy atom. The van der Waals surface area contributed by atoms with E-state index in [1.807, 2.05) is 19.1 Å². The third-order valence-electron chi connectivity index (χ3n) is 4.20. The molecule has 9 heteroatoms. The predicted octanol–water partition coefficient (Wildman–Crippen LogP) is 4.40. The van der Waals surface area contributed by atoms with Gasteiger partial charge in [0.2, 0.25) is 5.89 Å². The van der Waals surface area contributed by atoms with E-state index >= 15 is 0 Å². The molecule has 0 unspecified atom stereocenters. The van der Waals surface area contributed by atoms with Gasteiger partial charge in [0.15, 0.2) is 5.96 Å². The van der Waals surface area contributed by atoms with Gasteiger partial charge in [0.1, 0.15) is 24.4 Å². The van der Waals surface area contributed by atoms with E-state index in [2.05, 4.69) is 20.6 Å². The third kappa shape index (κ3) is 8.70. The number of aliphatic imine (C=N–C) groups is 1. The fourth-order valence-electron chi connectivity index (χ4n) is 2.72. The maximum atomic E-state index is 13.0. The van der Waals surface area contributed by atoms with Crippen LogP contribution in [0.3, 0.4) is 0 Å². The number of guanidine groups is 1. The highest BCUT2D eigenvalue weighted by Crippen LogP contribution is 2.18. The molecule has 168 valence electrons. The van der Waals surface area contributed by atoms with Gasteiger partial charge >= 0.3 is 0 Å². The van der Waals surface area contributed by atoms with Gasteiger partial charge in [-0.1, -0.05) is 0 Å². The molecule has 2 aromatic heterocycles. The zero-order valence-electron chi connectivity index (χ0n) is 17.5. The number of halogens is 2. The molecule has 2 heterocycles. The Balaban J connectivity index is 0.00000341. The summed E-state index contributed by atoms with van der Waals surface area (Å²) >= 11 is 0. The van der Waals surface area contributed by atoms with E-state index < -0.39 is 0 Å². The number of nitrogens with zero attached hydrogens (tertiary/aromatic N) is 2.